The van der Waals surface area contributed by atoms with Gasteiger partial charge in [0.15, 0.2) is 6.29 Å². The minimum Gasteiger partial charge on any atom is -0.379 e. The molecule has 4 rings (SSSR count). The van der Waals surface area contributed by atoms with E-state index in [4.69, 9.17) is 32.9 Å². The smallest absolute Gasteiger partial charge is 0.220 e. The molecular formula is C19H18Cl2N4O3. The van der Waals surface area contributed by atoms with E-state index >= 15 is 0 Å². The number of aliphatic imine (C=N–C) groups is 1. The molecule has 28 heavy (non-hydrogen) atoms. The molecule has 1 aromatic carbocycles. The monoisotopic (exact) mass is 420 g/mol. The fourth-order valence-corrected chi connectivity index (χ4v) is 4.37. The van der Waals surface area contributed by atoms with Crippen molar-refractivity contribution in [1.82, 2.24) is 14.5 Å². The minimum atomic E-state index is -0.691. The maximum atomic E-state index is 12.3. The van der Waals surface area contributed by atoms with Crippen LogP contribution in [0.1, 0.15) is 24.4 Å². The number of rotatable bonds is 4. The number of nitrogens with zero attached hydrogens (tertiary/aromatic N) is 4. The number of halogens is 2. The predicted octanol–water partition coefficient (Wildman–Crippen LogP) is 3.07. The number of ether oxygens (including phenoxy) is 1. The average molecular weight is 421 g/mol. The summed E-state index contributed by atoms with van der Waals surface area (Å²) in [4.78, 5) is 34.3. The fourth-order valence-electron chi connectivity index (χ4n) is 4.00. The molecule has 0 radical (unpaired) electrons. The highest BCUT2D eigenvalue weighted by molar-refractivity contribution is 6.43. The molecule has 146 valence electrons. The molecule has 1 aromatic heterocycles. The SMILES string of the molecule is CO[C@@H]1CCN(C2=Nc3c(ccc(Cl)c3Cl)C(n3ccnc3)C2)[C@@H]1C(=O)C=O. The van der Waals surface area contributed by atoms with E-state index in [-0.39, 0.29) is 12.1 Å². The first-order valence-corrected chi connectivity index (χ1v) is 9.62. The van der Waals surface area contributed by atoms with Crippen molar-refractivity contribution in [3.8, 4) is 0 Å². The van der Waals surface area contributed by atoms with Crippen LogP contribution in [0.15, 0.2) is 35.8 Å². The first-order valence-electron chi connectivity index (χ1n) is 8.86. The number of benzene rings is 1. The molecule has 9 heteroatoms. The summed E-state index contributed by atoms with van der Waals surface area (Å²) in [6.45, 7) is 0.561. The summed E-state index contributed by atoms with van der Waals surface area (Å²) < 4.78 is 7.41. The Bertz CT molecular complexity index is 945. The molecule has 1 fully saturated rings. The Labute approximate surface area is 171 Å². The van der Waals surface area contributed by atoms with E-state index in [1.54, 1.807) is 25.7 Å². The summed E-state index contributed by atoms with van der Waals surface area (Å²) in [5, 5.41) is 0.772. The Kier molecular flexibility index (Phi) is 5.23. The van der Waals surface area contributed by atoms with Crippen LogP contribution in [0.4, 0.5) is 5.69 Å². The van der Waals surface area contributed by atoms with Gasteiger partial charge in [0.25, 0.3) is 0 Å². The van der Waals surface area contributed by atoms with E-state index in [0.717, 1.165) is 5.56 Å². The summed E-state index contributed by atoms with van der Waals surface area (Å²) in [6, 6.07) is 2.87. The van der Waals surface area contributed by atoms with E-state index < -0.39 is 11.8 Å². The lowest BCUT2D eigenvalue weighted by Crippen LogP contribution is -2.47. The zero-order chi connectivity index (χ0) is 19.8. The summed E-state index contributed by atoms with van der Waals surface area (Å²) in [6.07, 6.45) is 6.46. The van der Waals surface area contributed by atoms with E-state index in [1.165, 1.54) is 0 Å². The van der Waals surface area contributed by atoms with Crippen molar-refractivity contribution in [3.63, 3.8) is 0 Å². The maximum absolute atomic E-state index is 12.3. The second kappa shape index (κ2) is 7.66. The number of methoxy groups -OCH3 is 1. The molecule has 1 unspecified atom stereocenters. The van der Waals surface area contributed by atoms with Crippen LogP contribution in [0, 0.1) is 0 Å². The number of carbonyl (C=O) groups excluding carboxylic acids is 2. The third-order valence-electron chi connectivity index (χ3n) is 5.35. The van der Waals surface area contributed by atoms with Gasteiger partial charge in [-0.3, -0.25) is 9.59 Å². The van der Waals surface area contributed by atoms with Crippen molar-refractivity contribution in [2.45, 2.75) is 31.0 Å². The number of ketones is 1. The Morgan fingerprint density at radius 1 is 1.36 bits per heavy atom. The standard InChI is InChI=1S/C19H18Cl2N4O3/c1-28-15-4-6-25(19(15)14(27)9-26)16-8-13(24-7-5-22-10-24)11-2-3-12(20)17(21)18(11)23-16/h2-3,5,7,9-10,13,15,19H,4,6,8H2,1H3/t13?,15-,19-/m1/s1. The van der Waals surface area contributed by atoms with E-state index in [1.807, 2.05) is 21.7 Å². The van der Waals surface area contributed by atoms with Crippen LogP contribution in [0.3, 0.4) is 0 Å². The first kappa shape index (κ1) is 19.1. The van der Waals surface area contributed by atoms with Gasteiger partial charge in [-0.25, -0.2) is 9.98 Å². The first-order chi connectivity index (χ1) is 13.5. The molecule has 0 spiro atoms. The average Bonchev–Trinajstić information content (AvgIpc) is 3.39. The van der Waals surface area contributed by atoms with Crippen LogP contribution in [0.5, 0.6) is 0 Å². The topological polar surface area (TPSA) is 76.8 Å². The molecule has 7 nitrogen and oxygen atoms in total. The van der Waals surface area contributed by atoms with Gasteiger partial charge in [0, 0.05) is 38.0 Å². The van der Waals surface area contributed by atoms with Gasteiger partial charge >= 0.3 is 0 Å². The molecule has 1 saturated heterocycles. The lowest BCUT2D eigenvalue weighted by molar-refractivity contribution is -0.134. The number of likely N-dealkylation sites (tertiary alicyclic amines) is 1. The summed E-state index contributed by atoms with van der Waals surface area (Å²) in [5.41, 5.74) is 1.50. The highest BCUT2D eigenvalue weighted by Gasteiger charge is 2.42. The second-order valence-corrected chi connectivity index (χ2v) is 7.56. The highest BCUT2D eigenvalue weighted by atomic mass is 35.5. The van der Waals surface area contributed by atoms with Gasteiger partial charge in [-0.15, -0.1) is 0 Å². The van der Waals surface area contributed by atoms with Crippen LogP contribution in [-0.2, 0) is 14.3 Å². The number of hydrogen-bond donors (Lipinski definition) is 0. The number of aromatic nitrogens is 2. The van der Waals surface area contributed by atoms with Gasteiger partial charge in [0.2, 0.25) is 5.78 Å². The summed E-state index contributed by atoms with van der Waals surface area (Å²) in [7, 11) is 1.54. The normalized spacial score (nSPS) is 24.0. The third kappa shape index (κ3) is 3.13. The number of Topliss-reactive ketones (excluding diaryl/α,β-unsaturated/α-hetero) is 1. The van der Waals surface area contributed by atoms with Gasteiger partial charge in [-0.2, -0.15) is 0 Å². The van der Waals surface area contributed by atoms with Crippen molar-refractivity contribution in [2.75, 3.05) is 13.7 Å². The zero-order valence-corrected chi connectivity index (χ0v) is 16.6. The van der Waals surface area contributed by atoms with Gasteiger partial charge in [-0.05, 0) is 12.5 Å². The molecule has 0 aliphatic carbocycles. The largest absolute Gasteiger partial charge is 0.379 e. The lowest BCUT2D eigenvalue weighted by Gasteiger charge is -2.34. The number of imidazole rings is 1. The number of fused-ring (bicyclic) bond motifs is 1. The minimum absolute atomic E-state index is 0.103. The van der Waals surface area contributed by atoms with Gasteiger partial charge in [0.1, 0.15) is 11.9 Å². The Morgan fingerprint density at radius 3 is 2.86 bits per heavy atom. The van der Waals surface area contributed by atoms with Crippen LogP contribution in [-0.4, -0.2) is 58.2 Å². The van der Waals surface area contributed by atoms with E-state index in [2.05, 4.69) is 4.98 Å². The third-order valence-corrected chi connectivity index (χ3v) is 6.14. The molecule has 3 atom stereocenters. The molecular weight excluding hydrogens is 403 g/mol. The Balaban J connectivity index is 1.81. The Hall–Kier alpha value is -2.22. The zero-order valence-electron chi connectivity index (χ0n) is 15.1. The molecule has 0 amide bonds. The van der Waals surface area contributed by atoms with Crippen molar-refractivity contribution >= 4 is 46.8 Å². The lowest BCUT2D eigenvalue weighted by atomic mass is 9.97. The van der Waals surface area contributed by atoms with Crippen LogP contribution < -0.4 is 0 Å². The molecule has 0 bridgehead atoms. The summed E-state index contributed by atoms with van der Waals surface area (Å²) in [5.74, 6) is 0.157. The fraction of sp³-hybridized carbons (Fsp3) is 0.368. The van der Waals surface area contributed by atoms with Crippen LogP contribution in [0.2, 0.25) is 10.0 Å². The van der Waals surface area contributed by atoms with Crippen molar-refractivity contribution < 1.29 is 14.3 Å². The number of amidine groups is 1. The molecule has 2 aliphatic rings. The quantitative estimate of drug-likeness (QED) is 0.560. The summed E-state index contributed by atoms with van der Waals surface area (Å²) >= 11 is 12.7. The van der Waals surface area contributed by atoms with Crippen molar-refractivity contribution in [2.24, 2.45) is 4.99 Å². The van der Waals surface area contributed by atoms with E-state index in [9.17, 15) is 9.59 Å². The molecule has 0 saturated carbocycles. The number of hydrogen-bond acceptors (Lipinski definition) is 6. The highest BCUT2D eigenvalue weighted by Crippen LogP contribution is 2.44. The maximum Gasteiger partial charge on any atom is 0.220 e. The molecule has 2 aliphatic heterocycles. The van der Waals surface area contributed by atoms with Gasteiger partial charge < -0.3 is 14.2 Å². The van der Waals surface area contributed by atoms with E-state index in [0.29, 0.717) is 47.2 Å². The number of carbonyl (C=O) groups is 2. The van der Waals surface area contributed by atoms with Crippen molar-refractivity contribution in [3.05, 3.63) is 46.5 Å². The van der Waals surface area contributed by atoms with Crippen LogP contribution in [0.25, 0.3) is 0 Å². The van der Waals surface area contributed by atoms with Gasteiger partial charge in [-0.1, -0.05) is 29.3 Å². The predicted molar refractivity (Wildman–Crippen MR) is 106 cm³/mol. The molecule has 3 heterocycles. The van der Waals surface area contributed by atoms with Gasteiger partial charge in [0.05, 0.1) is 34.2 Å². The molecule has 0 N–H and O–H groups in total. The number of aldehydes is 1. The molecule has 2 aromatic rings. The second-order valence-electron chi connectivity index (χ2n) is 6.78. The van der Waals surface area contributed by atoms with Crippen molar-refractivity contribution in [1.29, 1.82) is 0 Å². The Morgan fingerprint density at radius 2 is 2.18 bits per heavy atom. The van der Waals surface area contributed by atoms with Crippen LogP contribution >= 0.6 is 23.2 Å².